The Morgan fingerprint density at radius 2 is 1.61 bits per heavy atom. The van der Waals surface area contributed by atoms with E-state index in [2.05, 4.69) is 10.6 Å². The van der Waals surface area contributed by atoms with Gasteiger partial charge < -0.3 is 15.1 Å². The van der Waals surface area contributed by atoms with Gasteiger partial charge >= 0.3 is 0 Å². The topological polar surface area (TPSA) is 114 Å². The molecule has 2 amide bonds. The average Bonchev–Trinajstić information content (AvgIpc) is 3.12. The van der Waals surface area contributed by atoms with E-state index < -0.39 is 10.8 Å². The Morgan fingerprint density at radius 1 is 0.964 bits per heavy atom. The van der Waals surface area contributed by atoms with E-state index in [4.69, 9.17) is 4.42 Å². The Kier molecular flexibility index (Phi) is 5.21. The van der Waals surface area contributed by atoms with Crippen LogP contribution in [-0.2, 0) is 4.79 Å². The van der Waals surface area contributed by atoms with Crippen molar-refractivity contribution < 1.29 is 18.9 Å². The van der Waals surface area contributed by atoms with Crippen LogP contribution in [0.5, 0.6) is 0 Å². The number of hydrogen-bond acceptors (Lipinski definition) is 5. The number of furan rings is 1. The summed E-state index contributed by atoms with van der Waals surface area (Å²) in [6, 6.07) is 14.3. The highest BCUT2D eigenvalue weighted by Gasteiger charge is 2.15. The molecular weight excluding hydrogens is 362 g/mol. The van der Waals surface area contributed by atoms with Crippen molar-refractivity contribution in [3.63, 3.8) is 0 Å². The fraction of sp³-hybridized carbons (Fsp3) is 0.100. The maximum Gasteiger partial charge on any atom is 0.291 e. The van der Waals surface area contributed by atoms with Crippen molar-refractivity contribution in [3.05, 3.63) is 76.0 Å². The van der Waals surface area contributed by atoms with Gasteiger partial charge in [0.1, 0.15) is 5.76 Å². The smallest absolute Gasteiger partial charge is 0.291 e. The monoisotopic (exact) mass is 379 g/mol. The van der Waals surface area contributed by atoms with Crippen molar-refractivity contribution >= 4 is 28.9 Å². The molecule has 3 aromatic rings. The Bertz CT molecular complexity index is 1050. The third kappa shape index (κ3) is 4.24. The van der Waals surface area contributed by atoms with Crippen LogP contribution >= 0.6 is 0 Å². The zero-order valence-electron chi connectivity index (χ0n) is 15.2. The first kappa shape index (κ1) is 18.8. The van der Waals surface area contributed by atoms with Crippen LogP contribution in [0.3, 0.4) is 0 Å². The van der Waals surface area contributed by atoms with E-state index >= 15 is 0 Å². The van der Waals surface area contributed by atoms with Gasteiger partial charge in [0.25, 0.3) is 11.6 Å². The molecule has 0 aliphatic heterocycles. The molecule has 0 spiro atoms. The second-order valence-electron chi connectivity index (χ2n) is 6.13. The number of aryl methyl sites for hydroxylation is 1. The second-order valence-corrected chi connectivity index (χ2v) is 6.13. The second kappa shape index (κ2) is 7.75. The number of amides is 2. The van der Waals surface area contributed by atoms with E-state index in [0.29, 0.717) is 28.3 Å². The molecule has 0 aliphatic carbocycles. The molecule has 0 radical (unpaired) electrons. The minimum atomic E-state index is -0.463. The third-order valence-corrected chi connectivity index (χ3v) is 3.98. The summed E-state index contributed by atoms with van der Waals surface area (Å²) in [7, 11) is 0. The third-order valence-electron chi connectivity index (χ3n) is 3.98. The van der Waals surface area contributed by atoms with Crippen molar-refractivity contribution in [3.8, 4) is 11.3 Å². The fourth-order valence-electron chi connectivity index (χ4n) is 2.68. The molecule has 3 rings (SSSR count). The standard InChI is InChI=1S/C20H17N3O5/c1-12-11-16(23(26)27)7-8-17(12)18-9-10-19(28-18)20(25)22-15-5-3-14(4-6-15)21-13(2)24/h3-11H,1-2H3,(H,21,24)(H,22,25). The van der Waals surface area contributed by atoms with Crippen LogP contribution in [0.15, 0.2) is 59.0 Å². The van der Waals surface area contributed by atoms with Gasteiger partial charge in [-0.25, -0.2) is 0 Å². The molecule has 8 heteroatoms. The maximum absolute atomic E-state index is 12.4. The lowest BCUT2D eigenvalue weighted by Crippen LogP contribution is -2.11. The van der Waals surface area contributed by atoms with E-state index in [1.165, 1.54) is 25.1 Å². The molecule has 0 saturated heterocycles. The van der Waals surface area contributed by atoms with Crippen molar-refractivity contribution in [1.82, 2.24) is 0 Å². The Hall–Kier alpha value is -3.94. The van der Waals surface area contributed by atoms with Crippen LogP contribution in [-0.4, -0.2) is 16.7 Å². The maximum atomic E-state index is 12.4. The first-order valence-corrected chi connectivity index (χ1v) is 8.38. The lowest BCUT2D eigenvalue weighted by molar-refractivity contribution is -0.384. The van der Waals surface area contributed by atoms with E-state index in [-0.39, 0.29) is 17.4 Å². The number of nitro groups is 1. The van der Waals surface area contributed by atoms with Gasteiger partial charge in [0, 0.05) is 36.0 Å². The van der Waals surface area contributed by atoms with Gasteiger partial charge in [-0.15, -0.1) is 0 Å². The van der Waals surface area contributed by atoms with E-state index in [1.807, 2.05) is 0 Å². The van der Waals surface area contributed by atoms with Crippen LogP contribution in [0.2, 0.25) is 0 Å². The number of carbonyl (C=O) groups is 2. The number of nitrogens with zero attached hydrogens (tertiary/aromatic N) is 1. The molecule has 0 atom stereocenters. The van der Waals surface area contributed by atoms with Gasteiger partial charge in [0.2, 0.25) is 5.91 Å². The molecule has 142 valence electrons. The molecule has 0 saturated carbocycles. The zero-order valence-corrected chi connectivity index (χ0v) is 15.2. The summed E-state index contributed by atoms with van der Waals surface area (Å²) in [6.07, 6.45) is 0. The first-order chi connectivity index (χ1) is 13.3. The normalized spacial score (nSPS) is 10.4. The molecular formula is C20H17N3O5. The van der Waals surface area contributed by atoms with Crippen LogP contribution in [0, 0.1) is 17.0 Å². The Morgan fingerprint density at radius 3 is 2.18 bits per heavy atom. The summed E-state index contributed by atoms with van der Waals surface area (Å²) < 4.78 is 5.62. The number of rotatable bonds is 5. The highest BCUT2D eigenvalue weighted by atomic mass is 16.6. The summed E-state index contributed by atoms with van der Waals surface area (Å²) in [6.45, 7) is 3.15. The van der Waals surface area contributed by atoms with Crippen LogP contribution in [0.25, 0.3) is 11.3 Å². The largest absolute Gasteiger partial charge is 0.451 e. The highest BCUT2D eigenvalue weighted by Crippen LogP contribution is 2.28. The quantitative estimate of drug-likeness (QED) is 0.504. The van der Waals surface area contributed by atoms with E-state index in [9.17, 15) is 19.7 Å². The molecule has 1 aromatic heterocycles. The summed E-state index contributed by atoms with van der Waals surface area (Å²) in [5.41, 5.74) is 2.50. The van der Waals surface area contributed by atoms with Crippen LogP contribution in [0.1, 0.15) is 23.0 Å². The lowest BCUT2D eigenvalue weighted by Gasteiger charge is -2.06. The fourth-order valence-corrected chi connectivity index (χ4v) is 2.68. The molecule has 2 N–H and O–H groups in total. The van der Waals surface area contributed by atoms with Crippen molar-refractivity contribution in [2.45, 2.75) is 13.8 Å². The van der Waals surface area contributed by atoms with Gasteiger partial charge in [-0.3, -0.25) is 19.7 Å². The lowest BCUT2D eigenvalue weighted by atomic mass is 10.1. The minimum Gasteiger partial charge on any atom is -0.451 e. The van der Waals surface area contributed by atoms with Gasteiger partial charge in [-0.1, -0.05) is 0 Å². The highest BCUT2D eigenvalue weighted by molar-refractivity contribution is 6.02. The van der Waals surface area contributed by atoms with Gasteiger partial charge in [-0.05, 0) is 55.0 Å². The van der Waals surface area contributed by atoms with Crippen molar-refractivity contribution in [2.75, 3.05) is 10.6 Å². The number of nitro benzene ring substituents is 1. The number of hydrogen-bond donors (Lipinski definition) is 2. The Labute approximate surface area is 160 Å². The Balaban J connectivity index is 1.74. The van der Waals surface area contributed by atoms with E-state index in [1.54, 1.807) is 43.3 Å². The SMILES string of the molecule is CC(=O)Nc1ccc(NC(=O)c2ccc(-c3ccc([N+](=O)[O-])cc3C)o2)cc1. The molecule has 0 unspecified atom stereocenters. The van der Waals surface area contributed by atoms with Gasteiger partial charge in [0.05, 0.1) is 4.92 Å². The summed E-state index contributed by atoms with van der Waals surface area (Å²) >= 11 is 0. The molecule has 0 fully saturated rings. The first-order valence-electron chi connectivity index (χ1n) is 8.38. The molecule has 2 aromatic carbocycles. The predicted molar refractivity (Wildman–Crippen MR) is 104 cm³/mol. The summed E-state index contributed by atoms with van der Waals surface area (Å²) in [5.74, 6) is -0.0585. The summed E-state index contributed by atoms with van der Waals surface area (Å²) in [5, 5.41) is 16.2. The molecule has 8 nitrogen and oxygen atoms in total. The average molecular weight is 379 g/mol. The van der Waals surface area contributed by atoms with E-state index in [0.717, 1.165) is 0 Å². The van der Waals surface area contributed by atoms with Crippen molar-refractivity contribution in [2.24, 2.45) is 0 Å². The number of anilines is 2. The molecule has 1 heterocycles. The van der Waals surface area contributed by atoms with Gasteiger partial charge in [-0.2, -0.15) is 0 Å². The molecule has 28 heavy (non-hydrogen) atoms. The zero-order chi connectivity index (χ0) is 20.3. The molecule has 0 bridgehead atoms. The van der Waals surface area contributed by atoms with Crippen molar-refractivity contribution in [1.29, 1.82) is 0 Å². The van der Waals surface area contributed by atoms with Crippen LogP contribution in [0.4, 0.5) is 17.1 Å². The summed E-state index contributed by atoms with van der Waals surface area (Å²) in [4.78, 5) is 33.8. The number of non-ortho nitro benzene ring substituents is 1. The number of benzene rings is 2. The predicted octanol–water partition coefficient (Wildman–Crippen LogP) is 4.37. The van der Waals surface area contributed by atoms with Gasteiger partial charge in [0.15, 0.2) is 5.76 Å². The minimum absolute atomic E-state index is 0.00603. The number of nitrogens with one attached hydrogen (secondary N) is 2. The molecule has 0 aliphatic rings. The number of carbonyl (C=O) groups excluding carboxylic acids is 2. The van der Waals surface area contributed by atoms with Crippen LogP contribution < -0.4 is 10.6 Å².